The summed E-state index contributed by atoms with van der Waals surface area (Å²) < 4.78 is 0. The standard InChI is InChI=1S/C74H66N2/c1-71(2)64-32-20-16-24-52(64)60-41-45(36-40-65(60)71)75(46-33-37-53-49-21-13-17-29-61(49)72(3,4)66(53)42-46)69-56-25-9-11-27-58(56)70(59-28-12-10-26-57(59)69)76(47-34-38-54-50-22-14-18-30-62(50)73(5,6)67(54)43-47)48-35-39-55-51-23-15-19-31-63(51)74(7,8)68(55)44-48/h9-16,18-28,30-38,40-44,52,55,64H,17,29,39H2,1-8H3. The zero-order valence-corrected chi connectivity index (χ0v) is 45.3. The van der Waals surface area contributed by atoms with Crippen molar-refractivity contribution in [2.45, 2.75) is 108 Å². The van der Waals surface area contributed by atoms with Crippen LogP contribution >= 0.6 is 0 Å². The number of benzene rings is 8. The minimum absolute atomic E-state index is 0.0140. The number of fused-ring (bicyclic) bond motifs is 13. The quantitative estimate of drug-likeness (QED) is 0.121. The molecule has 2 heteroatoms. The topological polar surface area (TPSA) is 6.48 Å². The van der Waals surface area contributed by atoms with E-state index in [0.29, 0.717) is 17.8 Å². The van der Waals surface area contributed by atoms with Crippen LogP contribution in [0, 0.1) is 5.92 Å². The van der Waals surface area contributed by atoms with Crippen LogP contribution < -0.4 is 9.80 Å². The highest BCUT2D eigenvalue weighted by atomic mass is 15.2. The van der Waals surface area contributed by atoms with Crippen molar-refractivity contribution in [3.8, 4) is 11.1 Å². The molecule has 0 bridgehead atoms. The summed E-state index contributed by atoms with van der Waals surface area (Å²) in [6.07, 6.45) is 22.5. The van der Waals surface area contributed by atoms with E-state index in [1.54, 1.807) is 5.57 Å². The van der Waals surface area contributed by atoms with Crippen LogP contribution in [0.3, 0.4) is 0 Å². The van der Waals surface area contributed by atoms with Crippen LogP contribution in [0.2, 0.25) is 0 Å². The second kappa shape index (κ2) is 15.9. The van der Waals surface area contributed by atoms with E-state index in [2.05, 4.69) is 265 Å². The fourth-order valence-corrected chi connectivity index (χ4v) is 16.0. The predicted molar refractivity (Wildman–Crippen MR) is 321 cm³/mol. The van der Waals surface area contributed by atoms with E-state index in [0.717, 1.165) is 19.3 Å². The Labute approximate surface area is 449 Å². The van der Waals surface area contributed by atoms with Gasteiger partial charge in [-0.15, -0.1) is 0 Å². The maximum Gasteiger partial charge on any atom is 0.0619 e. The molecule has 372 valence electrons. The summed E-state index contributed by atoms with van der Waals surface area (Å²) in [7, 11) is 0. The van der Waals surface area contributed by atoms with Gasteiger partial charge in [0.15, 0.2) is 0 Å². The molecule has 3 unspecified atom stereocenters. The monoisotopic (exact) mass is 983 g/mol. The maximum atomic E-state index is 2.66. The highest BCUT2D eigenvalue weighted by Crippen LogP contribution is 2.60. The molecular formula is C74H66N2. The van der Waals surface area contributed by atoms with E-state index in [9.17, 15) is 0 Å². The van der Waals surface area contributed by atoms with E-state index in [4.69, 9.17) is 0 Å². The van der Waals surface area contributed by atoms with Gasteiger partial charge in [-0.2, -0.15) is 0 Å². The molecule has 7 aliphatic rings. The van der Waals surface area contributed by atoms with Gasteiger partial charge in [-0.05, 0) is 134 Å². The van der Waals surface area contributed by atoms with Crippen LogP contribution in [-0.2, 0) is 21.7 Å². The van der Waals surface area contributed by atoms with Crippen molar-refractivity contribution < 1.29 is 0 Å². The first-order chi connectivity index (χ1) is 36.7. The van der Waals surface area contributed by atoms with Crippen molar-refractivity contribution in [1.82, 2.24) is 0 Å². The molecule has 0 spiro atoms. The summed E-state index contributed by atoms with van der Waals surface area (Å²) in [5, 5.41) is 4.91. The first-order valence-corrected chi connectivity index (χ1v) is 28.1. The zero-order valence-electron chi connectivity index (χ0n) is 45.3. The third kappa shape index (κ3) is 6.16. The van der Waals surface area contributed by atoms with Gasteiger partial charge < -0.3 is 9.80 Å². The summed E-state index contributed by atoms with van der Waals surface area (Å²) >= 11 is 0. The molecule has 2 nitrogen and oxygen atoms in total. The number of allylic oxidation sites excluding steroid dienone is 11. The Hall–Kier alpha value is -7.68. The van der Waals surface area contributed by atoms with Gasteiger partial charge in [0.05, 0.1) is 11.4 Å². The van der Waals surface area contributed by atoms with E-state index in [1.807, 2.05) is 0 Å². The summed E-state index contributed by atoms with van der Waals surface area (Å²) in [6.45, 7) is 19.5. The lowest BCUT2D eigenvalue weighted by Gasteiger charge is -2.36. The Morgan fingerprint density at radius 3 is 1.79 bits per heavy atom. The van der Waals surface area contributed by atoms with Crippen molar-refractivity contribution >= 4 is 55.6 Å². The molecule has 0 fully saturated rings. The molecule has 7 aliphatic carbocycles. The normalized spacial score (nSPS) is 21.8. The molecule has 0 radical (unpaired) electrons. The number of rotatable bonds is 6. The van der Waals surface area contributed by atoms with Crippen LogP contribution in [0.5, 0.6) is 0 Å². The van der Waals surface area contributed by atoms with Crippen molar-refractivity contribution in [1.29, 1.82) is 0 Å². The van der Waals surface area contributed by atoms with Gasteiger partial charge in [0, 0.05) is 72.4 Å². The first-order valence-electron chi connectivity index (χ1n) is 28.1. The van der Waals surface area contributed by atoms with Crippen molar-refractivity contribution in [3.05, 3.63) is 262 Å². The molecule has 15 rings (SSSR count). The van der Waals surface area contributed by atoms with E-state index in [-0.39, 0.29) is 21.7 Å². The lowest BCUT2D eigenvalue weighted by Crippen LogP contribution is -2.24. The van der Waals surface area contributed by atoms with Gasteiger partial charge in [0.1, 0.15) is 0 Å². The van der Waals surface area contributed by atoms with Crippen molar-refractivity contribution in [3.63, 3.8) is 0 Å². The minimum Gasteiger partial charge on any atom is -0.310 e. The second-order valence-electron chi connectivity index (χ2n) is 25.1. The Morgan fingerprint density at radius 2 is 1.05 bits per heavy atom. The molecule has 0 saturated heterocycles. The number of nitrogens with zero attached hydrogens (tertiary/aromatic N) is 2. The molecule has 0 aromatic heterocycles. The van der Waals surface area contributed by atoms with Crippen LogP contribution in [0.25, 0.3) is 38.2 Å². The summed E-state index contributed by atoms with van der Waals surface area (Å²) in [4.78, 5) is 5.30. The van der Waals surface area contributed by atoms with Crippen LogP contribution in [0.4, 0.5) is 28.4 Å². The molecule has 8 aromatic rings. The summed E-state index contributed by atoms with van der Waals surface area (Å²) in [5.74, 6) is 1.09. The average molecular weight is 983 g/mol. The molecule has 3 atom stereocenters. The maximum absolute atomic E-state index is 2.66. The van der Waals surface area contributed by atoms with E-state index >= 15 is 0 Å². The van der Waals surface area contributed by atoms with E-state index < -0.39 is 0 Å². The van der Waals surface area contributed by atoms with E-state index in [1.165, 1.54) is 122 Å². The molecule has 0 N–H and O–H groups in total. The fourth-order valence-electron chi connectivity index (χ4n) is 16.0. The molecule has 0 saturated carbocycles. The third-order valence-corrected chi connectivity index (χ3v) is 19.8. The van der Waals surface area contributed by atoms with Crippen LogP contribution in [-0.4, -0.2) is 0 Å². The molecule has 8 aromatic carbocycles. The smallest absolute Gasteiger partial charge is 0.0619 e. The number of anilines is 5. The summed E-state index contributed by atoms with van der Waals surface area (Å²) in [5.41, 5.74) is 25.5. The lowest BCUT2D eigenvalue weighted by atomic mass is 9.74. The molecule has 0 aliphatic heterocycles. The van der Waals surface area contributed by atoms with Gasteiger partial charge in [0.25, 0.3) is 0 Å². The van der Waals surface area contributed by atoms with Crippen LogP contribution in [0.15, 0.2) is 217 Å². The Bertz CT molecular complexity index is 4000. The lowest BCUT2D eigenvalue weighted by molar-refractivity contribution is 0.394. The minimum atomic E-state index is -0.161. The van der Waals surface area contributed by atoms with Crippen molar-refractivity contribution in [2.75, 3.05) is 9.80 Å². The highest BCUT2D eigenvalue weighted by Gasteiger charge is 2.46. The Morgan fingerprint density at radius 1 is 0.474 bits per heavy atom. The van der Waals surface area contributed by atoms with Gasteiger partial charge in [0.2, 0.25) is 0 Å². The van der Waals surface area contributed by atoms with Gasteiger partial charge in [-0.25, -0.2) is 0 Å². The van der Waals surface area contributed by atoms with Gasteiger partial charge >= 0.3 is 0 Å². The highest BCUT2D eigenvalue weighted by molar-refractivity contribution is 6.23. The number of hydrogen-bond donors (Lipinski definition) is 0. The largest absolute Gasteiger partial charge is 0.310 e. The summed E-state index contributed by atoms with van der Waals surface area (Å²) in [6, 6.07) is 59.1. The van der Waals surface area contributed by atoms with Crippen molar-refractivity contribution in [2.24, 2.45) is 5.92 Å². The second-order valence-corrected chi connectivity index (χ2v) is 25.1. The predicted octanol–water partition coefficient (Wildman–Crippen LogP) is 19.7. The third-order valence-electron chi connectivity index (χ3n) is 19.8. The SMILES string of the molecule is CC1(C)C2=C(C=CCC2)c2ccc(N(c3ccc4c(c3)C3C=CC=CC3C4(C)C)c3c4ccccc4c(N(C4=CCC5C(=C4)C(C)(C)c4ccccc45)c4ccc5c(c4)C(C)(C)c4ccccc4-5)c4ccccc34)cc21. The molecule has 76 heavy (non-hydrogen) atoms. The molecule has 0 heterocycles. The van der Waals surface area contributed by atoms with Gasteiger partial charge in [-0.3, -0.25) is 0 Å². The Balaban J connectivity index is 0.997. The fraction of sp³-hybridized carbons (Fsp3) is 0.243. The first kappa shape index (κ1) is 45.7. The average Bonchev–Trinajstić information content (AvgIpc) is 4.08. The number of hydrogen-bond acceptors (Lipinski definition) is 2. The zero-order chi connectivity index (χ0) is 51.6. The van der Waals surface area contributed by atoms with Gasteiger partial charge in [-0.1, -0.05) is 224 Å². The molecular weight excluding hydrogens is 917 g/mol. The molecule has 0 amide bonds. The Kier molecular flexibility index (Phi) is 9.58. The van der Waals surface area contributed by atoms with Crippen LogP contribution in [0.1, 0.15) is 131 Å².